The minimum atomic E-state index is -0.414. The summed E-state index contributed by atoms with van der Waals surface area (Å²) in [6.45, 7) is 6.64. The first-order valence-corrected chi connectivity index (χ1v) is 13.8. The lowest BCUT2D eigenvalue weighted by Gasteiger charge is -2.43. The normalized spacial score (nSPS) is 17.9. The van der Waals surface area contributed by atoms with Gasteiger partial charge in [-0.2, -0.15) is 0 Å². The fraction of sp³-hybridized carbons (Fsp3) is 0.387. The predicted octanol–water partition coefficient (Wildman–Crippen LogP) is 6.41. The maximum absolute atomic E-state index is 13.3. The summed E-state index contributed by atoms with van der Waals surface area (Å²) in [5.41, 5.74) is 7.36. The van der Waals surface area contributed by atoms with Gasteiger partial charge >= 0.3 is 0 Å². The maximum atomic E-state index is 13.3. The van der Waals surface area contributed by atoms with E-state index in [4.69, 9.17) is 16.3 Å². The van der Waals surface area contributed by atoms with Crippen LogP contribution in [0.1, 0.15) is 68.1 Å². The third-order valence-electron chi connectivity index (χ3n) is 7.84. The van der Waals surface area contributed by atoms with Crippen molar-refractivity contribution in [2.45, 2.75) is 65.2 Å². The van der Waals surface area contributed by atoms with Crippen molar-refractivity contribution in [3.05, 3.63) is 80.7 Å². The molecule has 0 saturated heterocycles. The van der Waals surface area contributed by atoms with Gasteiger partial charge in [-0.25, -0.2) is 0 Å². The van der Waals surface area contributed by atoms with Gasteiger partial charge in [0, 0.05) is 53.5 Å². The van der Waals surface area contributed by atoms with Gasteiger partial charge in [0.25, 0.3) is 5.91 Å². The second-order valence-corrected chi connectivity index (χ2v) is 10.7. The van der Waals surface area contributed by atoms with Crippen molar-refractivity contribution in [1.82, 2.24) is 4.90 Å². The Morgan fingerprint density at radius 3 is 2.18 bits per heavy atom. The molecule has 38 heavy (non-hydrogen) atoms. The Hall–Kier alpha value is -3.38. The summed E-state index contributed by atoms with van der Waals surface area (Å²) >= 11 is 6.64. The van der Waals surface area contributed by atoms with Crippen LogP contribution in [0.4, 0.5) is 5.69 Å². The van der Waals surface area contributed by atoms with E-state index < -0.39 is 5.92 Å². The van der Waals surface area contributed by atoms with E-state index in [1.807, 2.05) is 38.1 Å². The monoisotopic (exact) mass is 532 g/mol. The maximum Gasteiger partial charge on any atom is 0.262 e. The summed E-state index contributed by atoms with van der Waals surface area (Å²) in [4.78, 5) is 41.2. The van der Waals surface area contributed by atoms with Crippen LogP contribution in [-0.2, 0) is 14.4 Å². The van der Waals surface area contributed by atoms with Crippen LogP contribution in [0.15, 0.2) is 58.9 Å². The number of carbonyl (C=O) groups is 3. The van der Waals surface area contributed by atoms with Crippen LogP contribution >= 0.6 is 11.6 Å². The van der Waals surface area contributed by atoms with Gasteiger partial charge in [-0.15, -0.1) is 0 Å². The first-order chi connectivity index (χ1) is 18.3. The highest BCUT2D eigenvalue weighted by Gasteiger charge is 2.42. The Kier molecular flexibility index (Phi) is 7.44. The van der Waals surface area contributed by atoms with Crippen molar-refractivity contribution in [3.63, 3.8) is 0 Å². The number of nitrogens with zero attached hydrogens (tertiary/aromatic N) is 1. The number of nitrogens with one attached hydrogen (secondary N) is 1. The molecule has 0 atom stereocenters. The first-order valence-electron chi connectivity index (χ1n) is 13.4. The van der Waals surface area contributed by atoms with Gasteiger partial charge in [-0.1, -0.05) is 23.7 Å². The Labute approximate surface area is 228 Å². The van der Waals surface area contributed by atoms with Gasteiger partial charge in [0.15, 0.2) is 18.2 Å². The molecule has 0 saturated carbocycles. The lowest BCUT2D eigenvalue weighted by molar-refractivity contribution is -0.118. The number of anilines is 1. The molecule has 0 bridgehead atoms. The zero-order chi connectivity index (χ0) is 27.0. The first kappa shape index (κ1) is 26.2. The molecule has 198 valence electrons. The van der Waals surface area contributed by atoms with E-state index in [0.29, 0.717) is 29.3 Å². The number of ketones is 2. The van der Waals surface area contributed by atoms with Crippen LogP contribution in [0.2, 0.25) is 5.02 Å². The summed E-state index contributed by atoms with van der Waals surface area (Å²) in [5, 5.41) is 3.19. The van der Waals surface area contributed by atoms with Crippen LogP contribution in [0.25, 0.3) is 0 Å². The molecular weight excluding hydrogens is 500 g/mol. The molecule has 7 heteroatoms. The molecule has 1 N–H and O–H groups in total. The minimum absolute atomic E-state index is 0.110. The lowest BCUT2D eigenvalue weighted by Crippen LogP contribution is -2.39. The molecule has 3 aliphatic rings. The second-order valence-electron chi connectivity index (χ2n) is 10.3. The lowest BCUT2D eigenvalue weighted by atomic mass is 9.71. The fourth-order valence-corrected chi connectivity index (χ4v) is 6.15. The minimum Gasteiger partial charge on any atom is -0.482 e. The highest BCUT2D eigenvalue weighted by Crippen LogP contribution is 2.49. The van der Waals surface area contributed by atoms with E-state index in [1.54, 1.807) is 12.1 Å². The Balaban J connectivity index is 1.40. The smallest absolute Gasteiger partial charge is 0.262 e. The van der Waals surface area contributed by atoms with Crippen molar-refractivity contribution < 1.29 is 19.1 Å². The van der Waals surface area contributed by atoms with Crippen LogP contribution < -0.4 is 10.1 Å². The Morgan fingerprint density at radius 1 is 0.947 bits per heavy atom. The van der Waals surface area contributed by atoms with Gasteiger partial charge in [0.2, 0.25) is 0 Å². The van der Waals surface area contributed by atoms with Crippen molar-refractivity contribution in [3.8, 4) is 5.75 Å². The number of allylic oxidation sites excluding steroid dienone is 4. The van der Waals surface area contributed by atoms with Gasteiger partial charge in [-0.3, -0.25) is 14.4 Å². The van der Waals surface area contributed by atoms with E-state index in [1.165, 1.54) is 0 Å². The van der Waals surface area contributed by atoms with Gasteiger partial charge in [0.05, 0.1) is 5.02 Å². The van der Waals surface area contributed by atoms with Crippen LogP contribution in [-0.4, -0.2) is 35.5 Å². The van der Waals surface area contributed by atoms with Crippen molar-refractivity contribution in [1.29, 1.82) is 0 Å². The molecule has 2 aromatic rings. The van der Waals surface area contributed by atoms with Crippen molar-refractivity contribution in [2.75, 3.05) is 18.5 Å². The van der Waals surface area contributed by atoms with Crippen molar-refractivity contribution in [2.24, 2.45) is 0 Å². The number of rotatable bonds is 6. The van der Waals surface area contributed by atoms with E-state index in [-0.39, 0.29) is 24.1 Å². The number of ether oxygens (including phenoxy) is 1. The topological polar surface area (TPSA) is 75.7 Å². The molecule has 0 spiro atoms. The number of hydrogen-bond donors (Lipinski definition) is 1. The third kappa shape index (κ3) is 4.90. The summed E-state index contributed by atoms with van der Waals surface area (Å²) in [6, 6.07) is 11.1. The quantitative estimate of drug-likeness (QED) is 0.465. The largest absolute Gasteiger partial charge is 0.482 e. The second kappa shape index (κ2) is 10.8. The Morgan fingerprint density at radius 2 is 1.61 bits per heavy atom. The number of hydrogen-bond acceptors (Lipinski definition) is 5. The molecule has 1 heterocycles. The number of aryl methyl sites for hydroxylation is 2. The molecule has 0 fully saturated rings. The highest BCUT2D eigenvalue weighted by molar-refractivity contribution is 6.32. The van der Waals surface area contributed by atoms with Gasteiger partial charge < -0.3 is 15.0 Å². The van der Waals surface area contributed by atoms with E-state index in [0.717, 1.165) is 71.5 Å². The molecule has 0 radical (unpaired) electrons. The molecule has 5 rings (SSSR count). The molecule has 2 aromatic carbocycles. The molecule has 1 amide bonds. The van der Waals surface area contributed by atoms with E-state index >= 15 is 0 Å². The van der Waals surface area contributed by atoms with E-state index in [2.05, 4.69) is 17.1 Å². The SMILES string of the molecule is CCN1C2=C(C(=O)CCC2)C(c2ccc(OCC(=O)Nc3ccc(C)c(C)c3)c(Cl)c2)C2=C1CCCC2=O. The average molecular weight is 533 g/mol. The fourth-order valence-electron chi connectivity index (χ4n) is 5.90. The van der Waals surface area contributed by atoms with Crippen LogP contribution in [0.5, 0.6) is 5.75 Å². The zero-order valence-electron chi connectivity index (χ0n) is 22.2. The number of Topliss-reactive ketones (excluding diaryl/α,β-unsaturated/α-hetero) is 2. The van der Waals surface area contributed by atoms with Gasteiger partial charge in [-0.05, 0) is 87.4 Å². The molecule has 0 unspecified atom stereocenters. The number of carbonyl (C=O) groups excluding carboxylic acids is 3. The molecule has 6 nitrogen and oxygen atoms in total. The number of benzene rings is 2. The van der Waals surface area contributed by atoms with Crippen LogP contribution in [0.3, 0.4) is 0 Å². The standard InChI is InChI=1S/C31H33ClN2O4/c1-4-34-23-7-5-9-25(35)30(23)29(31-24(34)8-6-10-26(31)36)20-12-14-27(22(32)16-20)38-17-28(37)33-21-13-11-18(2)19(3)15-21/h11-16,29H,4-10,17H2,1-3H3,(H,33,37). The third-order valence-corrected chi connectivity index (χ3v) is 8.14. The molecule has 0 aromatic heterocycles. The summed E-state index contributed by atoms with van der Waals surface area (Å²) < 4.78 is 5.75. The number of halogens is 1. The summed E-state index contributed by atoms with van der Waals surface area (Å²) in [6.07, 6.45) is 4.31. The highest BCUT2D eigenvalue weighted by atomic mass is 35.5. The predicted molar refractivity (Wildman–Crippen MR) is 148 cm³/mol. The summed E-state index contributed by atoms with van der Waals surface area (Å²) in [7, 11) is 0. The van der Waals surface area contributed by atoms with Gasteiger partial charge in [0.1, 0.15) is 5.75 Å². The summed E-state index contributed by atoms with van der Waals surface area (Å²) in [5.74, 6) is -0.100. The van der Waals surface area contributed by atoms with Crippen molar-refractivity contribution >= 4 is 34.8 Å². The molecule has 1 aliphatic heterocycles. The number of amides is 1. The Bertz CT molecular complexity index is 1350. The van der Waals surface area contributed by atoms with E-state index in [9.17, 15) is 14.4 Å². The molecular formula is C31H33ClN2O4. The van der Waals surface area contributed by atoms with Crippen LogP contribution in [0, 0.1) is 13.8 Å². The molecule has 2 aliphatic carbocycles. The average Bonchev–Trinajstić information content (AvgIpc) is 2.89. The zero-order valence-corrected chi connectivity index (χ0v) is 22.9.